The fourth-order valence-corrected chi connectivity index (χ4v) is 3.70. The molecule has 0 saturated carbocycles. The van der Waals surface area contributed by atoms with Crippen molar-refractivity contribution in [2.24, 2.45) is 7.05 Å². The smallest absolute Gasteiger partial charge is 0.155 e. The summed E-state index contributed by atoms with van der Waals surface area (Å²) in [7, 11) is 1.87. The van der Waals surface area contributed by atoms with Crippen molar-refractivity contribution < 1.29 is 4.39 Å². The topological polar surface area (TPSA) is 71.8 Å². The number of rotatable bonds is 3. The fourth-order valence-electron chi connectivity index (χ4n) is 2.72. The molecule has 0 bridgehead atoms. The SMILES string of the molecule is Cc1c(-c2cc(Sc3ncccc3F)c3c(C#N)cnn3c2)cnn1C. The van der Waals surface area contributed by atoms with Gasteiger partial charge in [-0.05, 0) is 25.1 Å². The number of aromatic nitrogens is 5. The zero-order valence-electron chi connectivity index (χ0n) is 14.0. The Morgan fingerprint density at radius 1 is 1.27 bits per heavy atom. The summed E-state index contributed by atoms with van der Waals surface area (Å²) in [6, 6.07) is 6.97. The van der Waals surface area contributed by atoms with E-state index in [1.54, 1.807) is 27.7 Å². The highest BCUT2D eigenvalue weighted by Gasteiger charge is 2.17. The summed E-state index contributed by atoms with van der Waals surface area (Å²) in [5.74, 6) is -0.406. The van der Waals surface area contributed by atoms with Crippen LogP contribution in [-0.4, -0.2) is 24.4 Å². The molecular weight excluding hydrogens is 351 g/mol. The third-order valence-electron chi connectivity index (χ3n) is 4.17. The quantitative estimate of drug-likeness (QED) is 0.555. The molecule has 26 heavy (non-hydrogen) atoms. The maximum absolute atomic E-state index is 14.1. The summed E-state index contributed by atoms with van der Waals surface area (Å²) in [5.41, 5.74) is 3.89. The molecule has 0 aromatic carbocycles. The molecule has 0 aliphatic heterocycles. The van der Waals surface area contributed by atoms with Crippen molar-refractivity contribution in [1.29, 1.82) is 5.26 Å². The molecule has 4 aromatic heterocycles. The number of hydrogen-bond acceptors (Lipinski definition) is 5. The van der Waals surface area contributed by atoms with E-state index in [2.05, 4.69) is 21.3 Å². The van der Waals surface area contributed by atoms with Crippen molar-refractivity contribution in [2.45, 2.75) is 16.8 Å². The normalized spacial score (nSPS) is 11.0. The Balaban J connectivity index is 1.94. The van der Waals surface area contributed by atoms with Crippen molar-refractivity contribution in [2.75, 3.05) is 0 Å². The van der Waals surface area contributed by atoms with Crippen molar-refractivity contribution >= 4 is 17.3 Å². The lowest BCUT2D eigenvalue weighted by molar-refractivity contribution is 0.588. The van der Waals surface area contributed by atoms with Crippen LogP contribution in [-0.2, 0) is 7.05 Å². The third kappa shape index (κ3) is 2.62. The van der Waals surface area contributed by atoms with E-state index < -0.39 is 5.82 Å². The second-order valence-electron chi connectivity index (χ2n) is 5.72. The lowest BCUT2D eigenvalue weighted by Gasteiger charge is -2.09. The molecule has 0 atom stereocenters. The van der Waals surface area contributed by atoms with E-state index >= 15 is 0 Å². The zero-order chi connectivity index (χ0) is 18.3. The summed E-state index contributed by atoms with van der Waals surface area (Å²) in [4.78, 5) is 4.81. The van der Waals surface area contributed by atoms with Gasteiger partial charge >= 0.3 is 0 Å². The number of nitriles is 1. The van der Waals surface area contributed by atoms with Gasteiger partial charge < -0.3 is 0 Å². The maximum atomic E-state index is 14.1. The first-order chi connectivity index (χ1) is 12.6. The Labute approximate surface area is 152 Å². The van der Waals surface area contributed by atoms with Gasteiger partial charge in [-0.15, -0.1) is 0 Å². The highest BCUT2D eigenvalue weighted by molar-refractivity contribution is 7.99. The predicted molar refractivity (Wildman–Crippen MR) is 95.2 cm³/mol. The van der Waals surface area contributed by atoms with Gasteiger partial charge in [0, 0.05) is 41.2 Å². The molecule has 4 rings (SSSR count). The minimum atomic E-state index is -0.406. The molecule has 0 saturated heterocycles. The second-order valence-corrected chi connectivity index (χ2v) is 6.75. The van der Waals surface area contributed by atoms with Crippen molar-refractivity contribution in [3.8, 4) is 17.2 Å². The summed E-state index contributed by atoms with van der Waals surface area (Å²) >= 11 is 1.17. The van der Waals surface area contributed by atoms with Gasteiger partial charge in [0.25, 0.3) is 0 Å². The van der Waals surface area contributed by atoms with Crippen LogP contribution in [0.15, 0.2) is 52.9 Å². The van der Waals surface area contributed by atoms with Crippen molar-refractivity contribution in [3.05, 3.63) is 60.1 Å². The van der Waals surface area contributed by atoms with E-state index in [4.69, 9.17) is 0 Å². The monoisotopic (exact) mass is 364 g/mol. The Kier molecular flexibility index (Phi) is 3.93. The minimum Gasteiger partial charge on any atom is -0.272 e. The molecule has 128 valence electrons. The van der Waals surface area contributed by atoms with Crippen molar-refractivity contribution in [3.63, 3.8) is 0 Å². The molecule has 0 spiro atoms. The van der Waals surface area contributed by atoms with Gasteiger partial charge in [-0.25, -0.2) is 13.9 Å². The Hall–Kier alpha value is -3.18. The fraction of sp³-hybridized carbons (Fsp3) is 0.111. The Morgan fingerprint density at radius 3 is 2.81 bits per heavy atom. The maximum Gasteiger partial charge on any atom is 0.155 e. The molecule has 8 heteroatoms. The summed E-state index contributed by atoms with van der Waals surface area (Å²) < 4.78 is 17.5. The molecule has 0 N–H and O–H groups in total. The van der Waals surface area contributed by atoms with E-state index in [9.17, 15) is 9.65 Å². The third-order valence-corrected chi connectivity index (χ3v) is 5.20. The van der Waals surface area contributed by atoms with Gasteiger partial charge in [-0.1, -0.05) is 11.8 Å². The average molecular weight is 364 g/mol. The van der Waals surface area contributed by atoms with Crippen molar-refractivity contribution in [1.82, 2.24) is 24.4 Å². The number of halogens is 1. The molecule has 6 nitrogen and oxygen atoms in total. The van der Waals surface area contributed by atoms with Gasteiger partial charge in [-0.3, -0.25) is 4.68 Å². The molecule has 0 aliphatic carbocycles. The minimum absolute atomic E-state index is 0.250. The predicted octanol–water partition coefficient (Wildman–Crippen LogP) is 3.60. The molecule has 0 radical (unpaired) electrons. The van der Waals surface area contributed by atoms with Crippen LogP contribution in [0, 0.1) is 24.1 Å². The molecule has 4 aromatic rings. The van der Waals surface area contributed by atoms with E-state index in [0.717, 1.165) is 16.8 Å². The van der Waals surface area contributed by atoms with E-state index in [1.807, 2.05) is 26.2 Å². The molecule has 0 fully saturated rings. The second kappa shape index (κ2) is 6.28. The average Bonchev–Trinajstić information content (AvgIpc) is 3.20. The highest BCUT2D eigenvalue weighted by Crippen LogP contribution is 2.36. The summed E-state index contributed by atoms with van der Waals surface area (Å²) in [5, 5.41) is 18.2. The van der Waals surface area contributed by atoms with Crippen LogP contribution in [0.25, 0.3) is 16.6 Å². The van der Waals surface area contributed by atoms with Crippen LogP contribution in [0.3, 0.4) is 0 Å². The first-order valence-electron chi connectivity index (χ1n) is 7.77. The van der Waals surface area contributed by atoms with Gasteiger partial charge in [0.15, 0.2) is 5.82 Å². The van der Waals surface area contributed by atoms with Gasteiger partial charge in [0.1, 0.15) is 11.1 Å². The highest BCUT2D eigenvalue weighted by atomic mass is 32.2. The number of pyridine rings is 2. The van der Waals surface area contributed by atoms with E-state index in [0.29, 0.717) is 16.0 Å². The van der Waals surface area contributed by atoms with E-state index in [-0.39, 0.29) is 5.03 Å². The van der Waals surface area contributed by atoms with Gasteiger partial charge in [-0.2, -0.15) is 15.5 Å². The summed E-state index contributed by atoms with van der Waals surface area (Å²) in [6.07, 6.45) is 6.67. The molecule has 0 unspecified atom stereocenters. The number of nitrogens with zero attached hydrogens (tertiary/aromatic N) is 6. The lowest BCUT2D eigenvalue weighted by atomic mass is 10.1. The van der Waals surface area contributed by atoms with Crippen LogP contribution in [0.1, 0.15) is 11.3 Å². The largest absolute Gasteiger partial charge is 0.272 e. The van der Waals surface area contributed by atoms with Crippen LogP contribution >= 0.6 is 11.8 Å². The van der Waals surface area contributed by atoms with E-state index in [1.165, 1.54) is 24.0 Å². The molecular formula is C18H13FN6S. The van der Waals surface area contributed by atoms with Gasteiger partial charge in [0.2, 0.25) is 0 Å². The van der Waals surface area contributed by atoms with Crippen LogP contribution in [0.4, 0.5) is 4.39 Å². The standard InChI is InChI=1S/C18H13FN6S/c1-11-14(9-22-24(11)2)12-6-16(26-18-15(19)4-3-5-21-18)17-13(7-20)8-23-25(17)10-12/h3-6,8-10H,1-2H3. The summed E-state index contributed by atoms with van der Waals surface area (Å²) in [6.45, 7) is 1.97. The van der Waals surface area contributed by atoms with Crippen LogP contribution in [0.5, 0.6) is 0 Å². The Bertz CT molecular complexity index is 1170. The lowest BCUT2D eigenvalue weighted by Crippen LogP contribution is -1.95. The van der Waals surface area contributed by atoms with Crippen LogP contribution < -0.4 is 0 Å². The van der Waals surface area contributed by atoms with Gasteiger partial charge in [0.05, 0.1) is 23.5 Å². The zero-order valence-corrected chi connectivity index (χ0v) is 14.8. The first-order valence-corrected chi connectivity index (χ1v) is 8.59. The number of hydrogen-bond donors (Lipinski definition) is 0. The number of fused-ring (bicyclic) bond motifs is 1. The number of aryl methyl sites for hydroxylation is 1. The Morgan fingerprint density at radius 2 is 2.12 bits per heavy atom. The molecule has 0 aliphatic rings. The molecule has 0 amide bonds. The van der Waals surface area contributed by atoms with Crippen LogP contribution in [0.2, 0.25) is 0 Å². The molecule has 4 heterocycles. The first kappa shape index (κ1) is 16.3.